The maximum atomic E-state index is 11.6. The van der Waals surface area contributed by atoms with E-state index in [1.165, 1.54) is 23.0 Å². The van der Waals surface area contributed by atoms with E-state index in [0.29, 0.717) is 5.13 Å². The van der Waals surface area contributed by atoms with Crippen LogP contribution in [-0.2, 0) is 19.1 Å². The molecule has 1 rings (SSSR count). The van der Waals surface area contributed by atoms with Crippen molar-refractivity contribution in [1.29, 1.82) is 0 Å². The molecule has 0 aliphatic heterocycles. The Morgan fingerprint density at radius 1 is 1.33 bits per heavy atom. The summed E-state index contributed by atoms with van der Waals surface area (Å²) >= 11 is 1.23. The van der Waals surface area contributed by atoms with Gasteiger partial charge in [-0.05, 0) is 13.8 Å². The summed E-state index contributed by atoms with van der Waals surface area (Å²) in [7, 11) is 0. The van der Waals surface area contributed by atoms with Gasteiger partial charge in [-0.1, -0.05) is 11.3 Å². The third kappa shape index (κ3) is 4.13. The van der Waals surface area contributed by atoms with Crippen molar-refractivity contribution in [2.45, 2.75) is 13.8 Å². The predicted molar refractivity (Wildman–Crippen MR) is 64.9 cm³/mol. The molecule has 8 heteroatoms. The van der Waals surface area contributed by atoms with E-state index in [0.717, 1.165) is 0 Å². The Kier molecular flexibility index (Phi) is 5.78. The Morgan fingerprint density at radius 2 is 1.94 bits per heavy atom. The van der Waals surface area contributed by atoms with Gasteiger partial charge in [0, 0.05) is 6.20 Å². The van der Waals surface area contributed by atoms with Gasteiger partial charge in [0.25, 0.3) is 0 Å². The molecule has 1 N–H and O–H groups in total. The third-order valence-corrected chi connectivity index (χ3v) is 2.31. The highest BCUT2D eigenvalue weighted by Crippen LogP contribution is 2.10. The Hall–Kier alpha value is -1.96. The molecular formula is C10H13N3O4S. The summed E-state index contributed by atoms with van der Waals surface area (Å²) < 4.78 is 9.52. The molecule has 1 aromatic heterocycles. The van der Waals surface area contributed by atoms with Crippen molar-refractivity contribution >= 4 is 28.4 Å². The molecule has 0 spiro atoms. The maximum absolute atomic E-state index is 11.6. The van der Waals surface area contributed by atoms with E-state index in [2.05, 4.69) is 15.5 Å². The first-order valence-electron chi connectivity index (χ1n) is 5.26. The van der Waals surface area contributed by atoms with Crippen LogP contribution in [0.2, 0.25) is 0 Å². The number of carbonyl (C=O) groups excluding carboxylic acids is 2. The Balaban J connectivity index is 2.78. The van der Waals surface area contributed by atoms with Crippen LogP contribution in [0.4, 0.5) is 5.13 Å². The quantitative estimate of drug-likeness (QED) is 0.356. The predicted octanol–water partition coefficient (Wildman–Crippen LogP) is 0.960. The molecule has 7 nitrogen and oxygen atoms in total. The molecule has 0 aliphatic rings. The zero-order valence-corrected chi connectivity index (χ0v) is 10.8. The lowest BCUT2D eigenvalue weighted by Crippen LogP contribution is -2.19. The number of anilines is 1. The van der Waals surface area contributed by atoms with E-state index in [-0.39, 0.29) is 18.8 Å². The number of nitrogens with one attached hydrogen (secondary N) is 1. The van der Waals surface area contributed by atoms with E-state index >= 15 is 0 Å². The molecule has 0 amide bonds. The van der Waals surface area contributed by atoms with Crippen LogP contribution in [0.5, 0.6) is 0 Å². The second kappa shape index (κ2) is 7.38. The van der Waals surface area contributed by atoms with Gasteiger partial charge in [0.2, 0.25) is 5.13 Å². The fraction of sp³-hybridized carbons (Fsp3) is 0.400. The SMILES string of the molecule is CCOC(=O)C(=CNc1nncs1)C(=O)OCC. The molecule has 0 saturated carbocycles. The topological polar surface area (TPSA) is 90.4 Å². The Labute approximate surface area is 108 Å². The molecule has 0 aliphatic carbocycles. The molecule has 1 heterocycles. The number of hydrogen-bond donors (Lipinski definition) is 1. The number of nitrogens with zero attached hydrogens (tertiary/aromatic N) is 2. The normalized spacial score (nSPS) is 9.44. The minimum absolute atomic E-state index is 0.175. The summed E-state index contributed by atoms with van der Waals surface area (Å²) in [6.07, 6.45) is 1.20. The van der Waals surface area contributed by atoms with Gasteiger partial charge in [-0.25, -0.2) is 9.59 Å². The van der Waals surface area contributed by atoms with E-state index in [4.69, 9.17) is 9.47 Å². The van der Waals surface area contributed by atoms with Gasteiger partial charge in [0.1, 0.15) is 5.51 Å². The lowest BCUT2D eigenvalue weighted by atomic mass is 10.3. The average Bonchev–Trinajstić information content (AvgIpc) is 2.83. The summed E-state index contributed by atoms with van der Waals surface area (Å²) in [5.74, 6) is -1.49. The van der Waals surface area contributed by atoms with Gasteiger partial charge in [-0.3, -0.25) is 0 Å². The molecule has 0 aromatic carbocycles. The van der Waals surface area contributed by atoms with Crippen LogP contribution in [0, 0.1) is 0 Å². The van der Waals surface area contributed by atoms with Crippen LogP contribution in [-0.4, -0.2) is 35.3 Å². The molecule has 0 radical (unpaired) electrons. The summed E-state index contributed by atoms with van der Waals surface area (Å²) in [4.78, 5) is 23.1. The number of esters is 2. The van der Waals surface area contributed by atoms with Crippen molar-refractivity contribution in [2.75, 3.05) is 18.5 Å². The highest BCUT2D eigenvalue weighted by atomic mass is 32.1. The Morgan fingerprint density at radius 3 is 2.39 bits per heavy atom. The average molecular weight is 271 g/mol. The monoisotopic (exact) mass is 271 g/mol. The number of hydrogen-bond acceptors (Lipinski definition) is 8. The van der Waals surface area contributed by atoms with Crippen LogP contribution in [0.25, 0.3) is 0 Å². The summed E-state index contributed by atoms with van der Waals surface area (Å²) in [5, 5.41) is 10.5. The fourth-order valence-corrected chi connectivity index (χ4v) is 1.40. The fourth-order valence-electron chi connectivity index (χ4n) is 0.989. The second-order valence-corrected chi connectivity index (χ2v) is 3.72. The lowest BCUT2D eigenvalue weighted by molar-refractivity contribution is -0.146. The summed E-state index contributed by atoms with van der Waals surface area (Å²) in [5.41, 5.74) is 1.30. The molecule has 0 unspecified atom stereocenters. The highest BCUT2D eigenvalue weighted by Gasteiger charge is 2.20. The molecule has 0 fully saturated rings. The molecular weight excluding hydrogens is 258 g/mol. The first-order chi connectivity index (χ1) is 8.69. The van der Waals surface area contributed by atoms with Crippen molar-refractivity contribution in [3.8, 4) is 0 Å². The standard InChI is InChI=1S/C10H13N3O4S/c1-3-16-8(14)7(9(15)17-4-2)5-11-10-13-12-6-18-10/h5-6H,3-4H2,1-2H3,(H,11,13). The van der Waals surface area contributed by atoms with E-state index < -0.39 is 11.9 Å². The van der Waals surface area contributed by atoms with Gasteiger partial charge >= 0.3 is 11.9 Å². The smallest absolute Gasteiger partial charge is 0.347 e. The van der Waals surface area contributed by atoms with Gasteiger partial charge < -0.3 is 14.8 Å². The second-order valence-electron chi connectivity index (χ2n) is 2.89. The number of carbonyl (C=O) groups is 2. The molecule has 98 valence electrons. The minimum atomic E-state index is -0.743. The first kappa shape index (κ1) is 14.1. The van der Waals surface area contributed by atoms with Crippen LogP contribution in [0.15, 0.2) is 17.3 Å². The maximum Gasteiger partial charge on any atom is 0.347 e. The van der Waals surface area contributed by atoms with Crippen molar-refractivity contribution < 1.29 is 19.1 Å². The van der Waals surface area contributed by atoms with Crippen molar-refractivity contribution in [1.82, 2.24) is 10.2 Å². The Bertz CT molecular complexity index is 410. The van der Waals surface area contributed by atoms with E-state index in [9.17, 15) is 9.59 Å². The summed E-state index contributed by atoms with van der Waals surface area (Å²) in [6.45, 7) is 3.65. The molecule has 0 bridgehead atoms. The van der Waals surface area contributed by atoms with Crippen LogP contribution in [0.1, 0.15) is 13.8 Å². The molecule has 18 heavy (non-hydrogen) atoms. The van der Waals surface area contributed by atoms with E-state index in [1.807, 2.05) is 0 Å². The third-order valence-electron chi connectivity index (χ3n) is 1.69. The van der Waals surface area contributed by atoms with Gasteiger partial charge in [-0.15, -0.1) is 10.2 Å². The summed E-state index contributed by atoms with van der Waals surface area (Å²) in [6, 6.07) is 0. The highest BCUT2D eigenvalue weighted by molar-refractivity contribution is 7.13. The molecule has 1 aromatic rings. The van der Waals surface area contributed by atoms with Crippen LogP contribution < -0.4 is 5.32 Å². The van der Waals surface area contributed by atoms with Crippen molar-refractivity contribution in [2.24, 2.45) is 0 Å². The largest absolute Gasteiger partial charge is 0.462 e. The van der Waals surface area contributed by atoms with Crippen molar-refractivity contribution in [3.63, 3.8) is 0 Å². The van der Waals surface area contributed by atoms with Crippen molar-refractivity contribution in [3.05, 3.63) is 17.3 Å². The van der Waals surface area contributed by atoms with Gasteiger partial charge in [0.15, 0.2) is 5.57 Å². The molecule has 0 atom stereocenters. The van der Waals surface area contributed by atoms with E-state index in [1.54, 1.807) is 13.8 Å². The lowest BCUT2D eigenvalue weighted by Gasteiger charge is -2.06. The minimum Gasteiger partial charge on any atom is -0.462 e. The number of rotatable bonds is 6. The molecule has 0 saturated heterocycles. The zero-order valence-electron chi connectivity index (χ0n) is 10.0. The van der Waals surface area contributed by atoms with Crippen LogP contribution >= 0.6 is 11.3 Å². The van der Waals surface area contributed by atoms with Crippen LogP contribution in [0.3, 0.4) is 0 Å². The number of ether oxygens (including phenoxy) is 2. The van der Waals surface area contributed by atoms with Gasteiger partial charge in [0.05, 0.1) is 13.2 Å². The van der Waals surface area contributed by atoms with Gasteiger partial charge in [-0.2, -0.15) is 0 Å². The zero-order chi connectivity index (χ0) is 13.4. The first-order valence-corrected chi connectivity index (χ1v) is 6.14. The number of aromatic nitrogens is 2.